The SMILES string of the molecule is Cn1cc(/C=C2\OC(=O)C(c3ccccc3)=C2c2ccccc2)cn1. The van der Waals surface area contributed by atoms with Gasteiger partial charge in [0.15, 0.2) is 0 Å². The molecular formula is C21H16N2O2. The fourth-order valence-corrected chi connectivity index (χ4v) is 2.95. The van der Waals surface area contributed by atoms with Gasteiger partial charge in [-0.3, -0.25) is 4.68 Å². The molecule has 0 saturated heterocycles. The van der Waals surface area contributed by atoms with Crippen molar-refractivity contribution in [1.82, 2.24) is 9.78 Å². The minimum absolute atomic E-state index is 0.333. The summed E-state index contributed by atoms with van der Waals surface area (Å²) in [4.78, 5) is 12.6. The van der Waals surface area contributed by atoms with Gasteiger partial charge in [-0.15, -0.1) is 0 Å². The average molecular weight is 328 g/mol. The summed E-state index contributed by atoms with van der Waals surface area (Å²) < 4.78 is 7.34. The fourth-order valence-electron chi connectivity index (χ4n) is 2.95. The summed E-state index contributed by atoms with van der Waals surface area (Å²) in [6.45, 7) is 0. The van der Waals surface area contributed by atoms with Crippen molar-refractivity contribution in [3.63, 3.8) is 0 Å². The molecule has 0 atom stereocenters. The summed E-state index contributed by atoms with van der Waals surface area (Å²) in [5.74, 6) is 0.211. The molecule has 0 N–H and O–H groups in total. The van der Waals surface area contributed by atoms with Crippen molar-refractivity contribution < 1.29 is 9.53 Å². The standard InChI is InChI=1S/C21H16N2O2/c1-23-14-15(13-22-23)12-18-19(16-8-4-2-5-9-16)20(21(24)25-18)17-10-6-3-7-11-17/h2-14H,1H3/b18-12-. The predicted octanol–water partition coefficient (Wildman–Crippen LogP) is 3.93. The lowest BCUT2D eigenvalue weighted by Gasteiger charge is -2.06. The van der Waals surface area contributed by atoms with Crippen molar-refractivity contribution in [1.29, 1.82) is 0 Å². The third-order valence-corrected chi connectivity index (χ3v) is 4.05. The molecule has 0 unspecified atom stereocenters. The lowest BCUT2D eigenvalue weighted by molar-refractivity contribution is -0.131. The Hall–Kier alpha value is -3.40. The number of rotatable bonds is 3. The molecule has 0 saturated carbocycles. The first-order valence-corrected chi connectivity index (χ1v) is 8.00. The maximum absolute atomic E-state index is 12.6. The Morgan fingerprint density at radius 3 is 2.08 bits per heavy atom. The highest BCUT2D eigenvalue weighted by atomic mass is 16.5. The summed E-state index contributed by atoms with van der Waals surface area (Å²) in [6, 6.07) is 19.4. The van der Waals surface area contributed by atoms with Gasteiger partial charge in [-0.1, -0.05) is 60.7 Å². The molecule has 3 aromatic rings. The molecule has 0 aliphatic carbocycles. The van der Waals surface area contributed by atoms with Gasteiger partial charge in [0.2, 0.25) is 0 Å². The van der Waals surface area contributed by atoms with E-state index in [-0.39, 0.29) is 5.97 Å². The van der Waals surface area contributed by atoms with Crippen LogP contribution in [0.3, 0.4) is 0 Å². The molecule has 0 amide bonds. The molecule has 2 aromatic carbocycles. The molecule has 4 nitrogen and oxygen atoms in total. The van der Waals surface area contributed by atoms with Gasteiger partial charge in [0.25, 0.3) is 0 Å². The van der Waals surface area contributed by atoms with E-state index in [0.29, 0.717) is 11.3 Å². The first-order valence-electron chi connectivity index (χ1n) is 8.00. The number of benzene rings is 2. The highest BCUT2D eigenvalue weighted by Crippen LogP contribution is 2.40. The maximum atomic E-state index is 12.6. The smallest absolute Gasteiger partial charge is 0.344 e. The van der Waals surface area contributed by atoms with E-state index in [4.69, 9.17) is 4.74 Å². The fraction of sp³-hybridized carbons (Fsp3) is 0.0476. The molecule has 1 aromatic heterocycles. The second-order valence-corrected chi connectivity index (χ2v) is 5.83. The van der Waals surface area contributed by atoms with E-state index in [2.05, 4.69) is 5.10 Å². The number of hydrogen-bond donors (Lipinski definition) is 0. The Kier molecular flexibility index (Phi) is 3.78. The van der Waals surface area contributed by atoms with Crippen molar-refractivity contribution in [2.75, 3.05) is 0 Å². The molecule has 122 valence electrons. The van der Waals surface area contributed by atoms with Crippen LogP contribution in [0.5, 0.6) is 0 Å². The van der Waals surface area contributed by atoms with Crippen LogP contribution in [-0.4, -0.2) is 15.7 Å². The molecule has 25 heavy (non-hydrogen) atoms. The molecule has 2 heterocycles. The Morgan fingerprint density at radius 1 is 0.920 bits per heavy atom. The van der Waals surface area contributed by atoms with Gasteiger partial charge >= 0.3 is 5.97 Å². The van der Waals surface area contributed by atoms with Gasteiger partial charge in [-0.05, 0) is 17.2 Å². The number of ether oxygens (including phenoxy) is 1. The molecule has 0 bridgehead atoms. The zero-order chi connectivity index (χ0) is 17.2. The monoisotopic (exact) mass is 328 g/mol. The lowest BCUT2D eigenvalue weighted by atomic mass is 9.94. The first-order chi connectivity index (χ1) is 12.2. The van der Waals surface area contributed by atoms with Crippen LogP contribution in [-0.2, 0) is 16.6 Å². The van der Waals surface area contributed by atoms with Crippen molar-refractivity contribution >= 4 is 23.2 Å². The third-order valence-electron chi connectivity index (χ3n) is 4.05. The van der Waals surface area contributed by atoms with Crippen LogP contribution in [0.25, 0.3) is 17.2 Å². The zero-order valence-corrected chi connectivity index (χ0v) is 13.7. The third kappa shape index (κ3) is 2.90. The van der Waals surface area contributed by atoms with Crippen LogP contribution >= 0.6 is 0 Å². The van der Waals surface area contributed by atoms with Crippen molar-refractivity contribution in [2.45, 2.75) is 0 Å². The van der Waals surface area contributed by atoms with Gasteiger partial charge in [-0.2, -0.15) is 5.10 Å². The van der Waals surface area contributed by atoms with Gasteiger partial charge in [0.05, 0.1) is 11.8 Å². The minimum atomic E-state index is -0.333. The van der Waals surface area contributed by atoms with Gasteiger partial charge in [0.1, 0.15) is 5.76 Å². The number of carbonyl (C=O) groups is 1. The predicted molar refractivity (Wildman–Crippen MR) is 97.0 cm³/mol. The van der Waals surface area contributed by atoms with E-state index in [9.17, 15) is 4.79 Å². The molecule has 0 fully saturated rings. The van der Waals surface area contributed by atoms with E-state index in [1.165, 1.54) is 0 Å². The van der Waals surface area contributed by atoms with E-state index >= 15 is 0 Å². The van der Waals surface area contributed by atoms with E-state index in [1.807, 2.05) is 80.0 Å². The van der Waals surface area contributed by atoms with Crippen LogP contribution in [0.15, 0.2) is 78.8 Å². The summed E-state index contributed by atoms with van der Waals surface area (Å²) in [7, 11) is 1.85. The Balaban J connectivity index is 1.93. The highest BCUT2D eigenvalue weighted by Gasteiger charge is 2.31. The van der Waals surface area contributed by atoms with Crippen LogP contribution in [0.1, 0.15) is 16.7 Å². The van der Waals surface area contributed by atoms with E-state index in [1.54, 1.807) is 10.9 Å². The average Bonchev–Trinajstić information content (AvgIpc) is 3.19. The molecule has 4 rings (SSSR count). The number of allylic oxidation sites excluding steroid dienone is 1. The van der Waals surface area contributed by atoms with Crippen LogP contribution in [0, 0.1) is 0 Å². The number of hydrogen-bond acceptors (Lipinski definition) is 3. The van der Waals surface area contributed by atoms with Gasteiger partial charge in [0, 0.05) is 24.4 Å². The number of aryl methyl sites for hydroxylation is 1. The van der Waals surface area contributed by atoms with E-state index < -0.39 is 0 Å². The molecule has 0 radical (unpaired) electrons. The largest absolute Gasteiger partial charge is 0.422 e. The van der Waals surface area contributed by atoms with Gasteiger partial charge < -0.3 is 4.74 Å². The highest BCUT2D eigenvalue weighted by molar-refractivity contribution is 6.30. The summed E-state index contributed by atoms with van der Waals surface area (Å²) in [5, 5.41) is 4.17. The number of carbonyl (C=O) groups excluding carboxylic acids is 1. The topological polar surface area (TPSA) is 44.1 Å². The number of cyclic esters (lactones) is 1. The maximum Gasteiger partial charge on any atom is 0.344 e. The molecular weight excluding hydrogens is 312 g/mol. The Bertz CT molecular complexity index is 983. The molecule has 1 aliphatic rings. The van der Waals surface area contributed by atoms with Crippen LogP contribution in [0.2, 0.25) is 0 Å². The van der Waals surface area contributed by atoms with Crippen LogP contribution in [0.4, 0.5) is 0 Å². The minimum Gasteiger partial charge on any atom is -0.422 e. The molecule has 4 heteroatoms. The summed E-state index contributed by atoms with van der Waals surface area (Å²) >= 11 is 0. The van der Waals surface area contributed by atoms with Gasteiger partial charge in [-0.25, -0.2) is 4.79 Å². The van der Waals surface area contributed by atoms with Crippen LogP contribution < -0.4 is 0 Å². The van der Waals surface area contributed by atoms with E-state index in [0.717, 1.165) is 22.3 Å². The lowest BCUT2D eigenvalue weighted by Crippen LogP contribution is -1.98. The normalized spacial score (nSPS) is 15.7. The quantitative estimate of drug-likeness (QED) is 0.684. The molecule has 0 spiro atoms. The Labute approximate surface area is 145 Å². The summed E-state index contributed by atoms with van der Waals surface area (Å²) in [5.41, 5.74) is 4.07. The van der Waals surface area contributed by atoms with Crippen molar-refractivity contribution in [3.8, 4) is 0 Å². The second kappa shape index (κ2) is 6.24. The number of nitrogens with zero attached hydrogens (tertiary/aromatic N) is 2. The zero-order valence-electron chi connectivity index (χ0n) is 13.7. The first kappa shape index (κ1) is 15.1. The summed E-state index contributed by atoms with van der Waals surface area (Å²) in [6.07, 6.45) is 5.47. The van der Waals surface area contributed by atoms with Crippen molar-refractivity contribution in [3.05, 3.63) is 95.5 Å². The second-order valence-electron chi connectivity index (χ2n) is 5.83. The number of esters is 1. The number of aromatic nitrogens is 2. The Morgan fingerprint density at radius 2 is 1.52 bits per heavy atom. The van der Waals surface area contributed by atoms with Crippen molar-refractivity contribution in [2.24, 2.45) is 7.05 Å². The molecule has 1 aliphatic heterocycles.